The summed E-state index contributed by atoms with van der Waals surface area (Å²) in [6, 6.07) is 10.4. The number of hydrogen-bond donors (Lipinski definition) is 3. The lowest BCUT2D eigenvalue weighted by Crippen LogP contribution is -2.45. The molecular weight excluding hydrogens is 346 g/mol. The molecule has 3 N–H and O–H groups in total. The van der Waals surface area contributed by atoms with Crippen LogP contribution in [0.4, 0.5) is 0 Å². The molecule has 0 saturated heterocycles. The molecule has 2 rings (SSSR count). The van der Waals surface area contributed by atoms with Crippen LogP contribution in [0, 0.1) is 18.3 Å². The van der Waals surface area contributed by atoms with Crippen molar-refractivity contribution in [1.29, 1.82) is 5.26 Å². The first-order chi connectivity index (χ1) is 11.4. The summed E-state index contributed by atoms with van der Waals surface area (Å²) in [5, 5.41) is 12.4. The number of carbonyl (C=O) groups excluding carboxylic acids is 1. The highest BCUT2D eigenvalue weighted by atomic mass is 35.5. The number of nitriles is 1. The molecule has 0 fully saturated rings. The summed E-state index contributed by atoms with van der Waals surface area (Å²) in [5.41, 5.74) is 7.85. The van der Waals surface area contributed by atoms with Crippen molar-refractivity contribution in [2.24, 2.45) is 0 Å². The lowest BCUT2D eigenvalue weighted by Gasteiger charge is -2.13. The van der Waals surface area contributed by atoms with Gasteiger partial charge in [-0.15, -0.1) is 0 Å². The van der Waals surface area contributed by atoms with Crippen molar-refractivity contribution in [2.45, 2.75) is 6.92 Å². The summed E-state index contributed by atoms with van der Waals surface area (Å²) < 4.78 is 0. The fourth-order valence-electron chi connectivity index (χ4n) is 2.08. The van der Waals surface area contributed by atoms with E-state index in [-0.39, 0.29) is 5.11 Å². The van der Waals surface area contributed by atoms with E-state index in [1.165, 1.54) is 6.07 Å². The second-order valence-electron chi connectivity index (χ2n) is 4.85. The number of carbonyl (C=O) groups is 1. The summed E-state index contributed by atoms with van der Waals surface area (Å²) in [6.45, 7) is 1.81. The fourth-order valence-corrected chi connectivity index (χ4v) is 2.38. The summed E-state index contributed by atoms with van der Waals surface area (Å²) in [4.78, 5) is 16.6. The van der Waals surface area contributed by atoms with E-state index in [1.807, 2.05) is 19.1 Å². The first-order valence-corrected chi connectivity index (χ1v) is 7.70. The number of aryl methyl sites for hydroxylation is 1. The smallest absolute Gasteiger partial charge is 0.270 e. The maximum atomic E-state index is 12.5. The molecule has 24 heavy (non-hydrogen) atoms. The molecule has 0 aliphatic heterocycles. The quantitative estimate of drug-likeness (QED) is 0.433. The van der Waals surface area contributed by atoms with Gasteiger partial charge in [0.15, 0.2) is 5.11 Å². The third kappa shape index (κ3) is 4.19. The molecule has 122 valence electrons. The third-order valence-corrected chi connectivity index (χ3v) is 3.64. The monoisotopic (exact) mass is 359 g/mol. The van der Waals surface area contributed by atoms with Crippen molar-refractivity contribution >= 4 is 34.8 Å². The van der Waals surface area contributed by atoms with Crippen LogP contribution in [0.5, 0.6) is 0 Å². The summed E-state index contributed by atoms with van der Waals surface area (Å²) in [5.74, 6) is -0.426. The number of aromatic nitrogens is 1. The van der Waals surface area contributed by atoms with E-state index in [1.54, 1.807) is 25.2 Å². The number of halogens is 1. The number of rotatable bonds is 2. The first kappa shape index (κ1) is 17.7. The van der Waals surface area contributed by atoms with Crippen LogP contribution < -0.4 is 16.2 Å². The minimum absolute atomic E-state index is 0.268. The van der Waals surface area contributed by atoms with Gasteiger partial charge in [-0.25, -0.2) is 4.98 Å². The number of hydrogen-bond acceptors (Lipinski definition) is 4. The number of nitrogens with one attached hydrogen (secondary N) is 3. The van der Waals surface area contributed by atoms with Crippen molar-refractivity contribution in [1.82, 2.24) is 21.2 Å². The van der Waals surface area contributed by atoms with Crippen LogP contribution in [0.2, 0.25) is 5.15 Å². The maximum absolute atomic E-state index is 12.5. The van der Waals surface area contributed by atoms with Crippen molar-refractivity contribution < 1.29 is 4.79 Å². The molecule has 0 saturated carbocycles. The van der Waals surface area contributed by atoms with E-state index < -0.39 is 5.91 Å². The molecule has 0 aliphatic rings. The van der Waals surface area contributed by atoms with Gasteiger partial charge in [-0.05, 0) is 54.5 Å². The molecule has 0 atom stereocenters. The fraction of sp³-hybridized carbons (Fsp3) is 0.125. The molecule has 6 nitrogen and oxygen atoms in total. The Morgan fingerprint density at radius 3 is 2.67 bits per heavy atom. The highest BCUT2D eigenvalue weighted by Gasteiger charge is 2.15. The lowest BCUT2D eigenvalue weighted by molar-refractivity contribution is 0.0944. The number of amides is 1. The second-order valence-corrected chi connectivity index (χ2v) is 5.65. The molecule has 8 heteroatoms. The largest absolute Gasteiger partial charge is 0.364 e. The Kier molecular flexibility index (Phi) is 5.68. The number of pyridine rings is 1. The first-order valence-electron chi connectivity index (χ1n) is 6.91. The van der Waals surface area contributed by atoms with Gasteiger partial charge in [-0.3, -0.25) is 15.6 Å². The van der Waals surface area contributed by atoms with E-state index in [0.717, 1.165) is 11.3 Å². The summed E-state index contributed by atoms with van der Waals surface area (Å²) in [6.07, 6.45) is 0. The van der Waals surface area contributed by atoms with E-state index in [0.29, 0.717) is 21.8 Å². The third-order valence-electron chi connectivity index (χ3n) is 3.14. The molecule has 0 spiro atoms. The minimum Gasteiger partial charge on any atom is -0.364 e. The van der Waals surface area contributed by atoms with Gasteiger partial charge in [0, 0.05) is 12.7 Å². The normalized spacial score (nSPS) is 9.75. The standard InChI is InChI=1S/C16H14ClN5OS/c1-9-5-11(7-14(17)20-9)12-4-3-10(8-18)6-13(12)15(23)21-22-16(24)19-2/h3-7H,1-2H3,(H,21,23)(H2,19,22,24). The Morgan fingerprint density at radius 2 is 2.04 bits per heavy atom. The van der Waals surface area contributed by atoms with E-state index in [2.05, 4.69) is 21.2 Å². The predicted octanol–water partition coefficient (Wildman–Crippen LogP) is 2.32. The van der Waals surface area contributed by atoms with Gasteiger partial charge in [-0.1, -0.05) is 17.7 Å². The Bertz CT molecular complexity index is 827. The van der Waals surface area contributed by atoms with Crippen LogP contribution in [-0.4, -0.2) is 23.1 Å². The second kappa shape index (κ2) is 7.73. The van der Waals surface area contributed by atoms with Gasteiger partial charge in [0.1, 0.15) is 5.15 Å². The topological polar surface area (TPSA) is 89.8 Å². The Balaban J connectivity index is 2.46. The molecule has 1 aromatic heterocycles. The molecule has 0 unspecified atom stereocenters. The number of thiocarbonyl (C=S) groups is 1. The zero-order chi connectivity index (χ0) is 17.7. The molecule has 2 aromatic rings. The maximum Gasteiger partial charge on any atom is 0.270 e. The van der Waals surface area contributed by atoms with Gasteiger partial charge in [-0.2, -0.15) is 5.26 Å². The molecule has 1 amide bonds. The SMILES string of the molecule is CNC(=S)NNC(=O)c1cc(C#N)ccc1-c1cc(C)nc(Cl)c1. The zero-order valence-corrected chi connectivity index (χ0v) is 14.5. The summed E-state index contributed by atoms with van der Waals surface area (Å²) >= 11 is 10.9. The van der Waals surface area contributed by atoms with Gasteiger partial charge >= 0.3 is 0 Å². The molecule has 0 bridgehead atoms. The van der Waals surface area contributed by atoms with E-state index in [9.17, 15) is 4.79 Å². The van der Waals surface area contributed by atoms with Crippen LogP contribution in [-0.2, 0) is 0 Å². The number of benzene rings is 1. The van der Waals surface area contributed by atoms with Crippen molar-refractivity contribution in [3.05, 3.63) is 52.3 Å². The minimum atomic E-state index is -0.426. The van der Waals surface area contributed by atoms with Crippen LogP contribution in [0.1, 0.15) is 21.6 Å². The Hall–Kier alpha value is -2.69. The van der Waals surface area contributed by atoms with Gasteiger partial charge in [0.2, 0.25) is 0 Å². The van der Waals surface area contributed by atoms with Crippen molar-refractivity contribution in [2.75, 3.05) is 7.05 Å². The van der Waals surface area contributed by atoms with Crippen LogP contribution in [0.15, 0.2) is 30.3 Å². The highest BCUT2D eigenvalue weighted by Crippen LogP contribution is 2.27. The van der Waals surface area contributed by atoms with Gasteiger partial charge in [0.05, 0.1) is 17.2 Å². The van der Waals surface area contributed by atoms with Crippen LogP contribution in [0.25, 0.3) is 11.1 Å². The Morgan fingerprint density at radius 1 is 1.29 bits per heavy atom. The molecule has 1 heterocycles. The molecular formula is C16H14ClN5OS. The van der Waals surface area contributed by atoms with Crippen LogP contribution in [0.3, 0.4) is 0 Å². The summed E-state index contributed by atoms with van der Waals surface area (Å²) in [7, 11) is 1.63. The average Bonchev–Trinajstić information content (AvgIpc) is 2.57. The zero-order valence-electron chi connectivity index (χ0n) is 13.0. The molecule has 1 aromatic carbocycles. The lowest BCUT2D eigenvalue weighted by atomic mass is 9.97. The molecule has 0 radical (unpaired) electrons. The van der Waals surface area contributed by atoms with E-state index >= 15 is 0 Å². The highest BCUT2D eigenvalue weighted by molar-refractivity contribution is 7.80. The molecule has 0 aliphatic carbocycles. The number of nitrogens with zero attached hydrogens (tertiary/aromatic N) is 2. The van der Waals surface area contributed by atoms with Crippen molar-refractivity contribution in [3.63, 3.8) is 0 Å². The van der Waals surface area contributed by atoms with E-state index in [4.69, 9.17) is 29.1 Å². The Labute approximate surface area is 149 Å². The average molecular weight is 360 g/mol. The van der Waals surface area contributed by atoms with Crippen LogP contribution >= 0.6 is 23.8 Å². The van der Waals surface area contributed by atoms with Crippen molar-refractivity contribution in [3.8, 4) is 17.2 Å². The van der Waals surface area contributed by atoms with Gasteiger partial charge in [0.25, 0.3) is 5.91 Å². The van der Waals surface area contributed by atoms with Gasteiger partial charge < -0.3 is 5.32 Å². The predicted molar refractivity (Wildman–Crippen MR) is 96.4 cm³/mol. The number of hydrazine groups is 1.